The maximum atomic E-state index is 8.75. The highest BCUT2D eigenvalue weighted by molar-refractivity contribution is 6.36. The molecule has 0 spiro atoms. The summed E-state index contributed by atoms with van der Waals surface area (Å²) in [4.78, 5) is 0. The summed E-state index contributed by atoms with van der Waals surface area (Å²) >= 11 is 6.55. The molecule has 2 heteroatoms. The first-order valence-electron chi connectivity index (χ1n) is 12.3. The molecule has 5 aromatic rings. The Balaban J connectivity index is 1.91. The monoisotopic (exact) mass is 363 g/mol. The summed E-state index contributed by atoms with van der Waals surface area (Å²) in [5.74, 6) is 0. The van der Waals surface area contributed by atoms with E-state index in [1.807, 2.05) is 0 Å². The number of benzene rings is 4. The van der Waals surface area contributed by atoms with Crippen LogP contribution in [0.1, 0.15) is 12.3 Å². The molecule has 0 aliphatic carbocycles. The minimum atomic E-state index is -0.625. The standard InChI is InChI=1S/C24H15ClO/c25-20-14-15-22-24(19-8-4-5-9-21(19)26-22)23(20)18-12-10-17(11-13-18)16-6-2-1-3-7-16/h1-15H/i1D,2D,3D,6D,7D,10D,11D,12D,13D. The van der Waals surface area contributed by atoms with Crippen molar-refractivity contribution in [2.75, 3.05) is 0 Å². The lowest BCUT2D eigenvalue weighted by atomic mass is 9.97. The molecule has 0 saturated heterocycles. The number of rotatable bonds is 2. The lowest BCUT2D eigenvalue weighted by Gasteiger charge is -2.08. The molecule has 1 nitrogen and oxygen atoms in total. The van der Waals surface area contributed by atoms with Gasteiger partial charge in [0.1, 0.15) is 11.2 Å². The Morgan fingerprint density at radius 3 is 2.19 bits per heavy atom. The second-order valence-corrected chi connectivity index (χ2v) is 6.05. The maximum Gasteiger partial charge on any atom is 0.136 e. The van der Waals surface area contributed by atoms with E-state index < -0.39 is 59.9 Å². The van der Waals surface area contributed by atoms with E-state index in [1.165, 1.54) is 0 Å². The molecule has 4 aromatic carbocycles. The Labute approximate surface area is 169 Å². The quantitative estimate of drug-likeness (QED) is 0.315. The molecular formula is C24H15ClO. The zero-order chi connectivity index (χ0) is 25.3. The summed E-state index contributed by atoms with van der Waals surface area (Å²) in [7, 11) is 0. The zero-order valence-corrected chi connectivity index (χ0v) is 14.0. The van der Waals surface area contributed by atoms with Crippen molar-refractivity contribution >= 4 is 33.5 Å². The maximum absolute atomic E-state index is 8.75. The number of fused-ring (bicyclic) bond motifs is 3. The van der Waals surface area contributed by atoms with Crippen LogP contribution >= 0.6 is 11.6 Å². The van der Waals surface area contributed by atoms with E-state index in [4.69, 9.17) is 28.4 Å². The fraction of sp³-hybridized carbons (Fsp3) is 0. The number of hydrogen-bond acceptors (Lipinski definition) is 1. The van der Waals surface area contributed by atoms with Gasteiger partial charge in [-0.2, -0.15) is 0 Å². The summed E-state index contributed by atoms with van der Waals surface area (Å²) < 4.78 is 80.9. The van der Waals surface area contributed by atoms with Gasteiger partial charge >= 0.3 is 0 Å². The van der Waals surface area contributed by atoms with Gasteiger partial charge in [-0.25, -0.2) is 0 Å². The van der Waals surface area contributed by atoms with Crippen molar-refractivity contribution in [3.05, 3.63) is 95.8 Å². The van der Waals surface area contributed by atoms with Gasteiger partial charge in [-0.3, -0.25) is 0 Å². The van der Waals surface area contributed by atoms with Crippen LogP contribution in [0.3, 0.4) is 0 Å². The van der Waals surface area contributed by atoms with E-state index in [-0.39, 0.29) is 21.7 Å². The predicted octanol–water partition coefficient (Wildman–Crippen LogP) is 7.57. The molecule has 1 heterocycles. The van der Waals surface area contributed by atoms with Crippen LogP contribution in [0.25, 0.3) is 44.2 Å². The highest BCUT2D eigenvalue weighted by Gasteiger charge is 2.15. The zero-order valence-electron chi connectivity index (χ0n) is 22.3. The van der Waals surface area contributed by atoms with Crippen molar-refractivity contribution in [1.82, 2.24) is 0 Å². The molecule has 0 unspecified atom stereocenters. The molecule has 0 saturated carbocycles. The summed E-state index contributed by atoms with van der Waals surface area (Å²) in [5, 5.41) is 1.41. The molecule has 0 N–H and O–H groups in total. The Morgan fingerprint density at radius 1 is 0.692 bits per heavy atom. The first kappa shape index (κ1) is 8.57. The molecule has 0 aliphatic heterocycles. The first-order chi connectivity index (χ1) is 16.6. The summed E-state index contributed by atoms with van der Waals surface area (Å²) in [6.45, 7) is 0. The lowest BCUT2D eigenvalue weighted by Crippen LogP contribution is -1.83. The van der Waals surface area contributed by atoms with Gasteiger partial charge in [0, 0.05) is 21.4 Å². The minimum absolute atomic E-state index is 0.0710. The van der Waals surface area contributed by atoms with Gasteiger partial charge < -0.3 is 4.42 Å². The molecule has 124 valence electrons. The summed E-state index contributed by atoms with van der Waals surface area (Å²) in [6, 6.07) is 5.34. The number of para-hydroxylation sites is 1. The van der Waals surface area contributed by atoms with Crippen molar-refractivity contribution in [2.45, 2.75) is 0 Å². The summed E-state index contributed by atoms with van der Waals surface area (Å²) in [6.07, 6.45) is 0. The SMILES string of the molecule is [2H]c1c([2H])c([2H])c(-c2c([2H])c([2H])c(-c3c(Cl)ccc4oc5ccccc5c34)c([2H])c2[2H])c([2H])c1[2H]. The summed E-state index contributed by atoms with van der Waals surface area (Å²) in [5.41, 5.74) is 0.449. The van der Waals surface area contributed by atoms with Gasteiger partial charge in [-0.05, 0) is 34.9 Å². The molecular weight excluding hydrogens is 340 g/mol. The third kappa shape index (κ3) is 2.40. The highest BCUT2D eigenvalue weighted by atomic mass is 35.5. The molecule has 5 rings (SSSR count). The van der Waals surface area contributed by atoms with Crippen LogP contribution in [0.5, 0.6) is 0 Å². The molecule has 0 radical (unpaired) electrons. The van der Waals surface area contributed by atoms with Crippen molar-refractivity contribution in [2.24, 2.45) is 0 Å². The van der Waals surface area contributed by atoms with Crippen LogP contribution in [-0.4, -0.2) is 0 Å². The average molecular weight is 364 g/mol. The molecule has 0 amide bonds. The normalized spacial score (nSPS) is 16.1. The molecule has 0 bridgehead atoms. The second kappa shape index (κ2) is 6.05. The molecule has 0 fully saturated rings. The van der Waals surface area contributed by atoms with Crippen molar-refractivity contribution in [1.29, 1.82) is 0 Å². The van der Waals surface area contributed by atoms with Gasteiger partial charge in [0.05, 0.1) is 12.3 Å². The van der Waals surface area contributed by atoms with Gasteiger partial charge in [0.2, 0.25) is 0 Å². The Morgan fingerprint density at radius 2 is 1.38 bits per heavy atom. The molecule has 26 heavy (non-hydrogen) atoms. The Kier molecular flexibility index (Phi) is 1.99. The first-order valence-corrected chi connectivity index (χ1v) is 8.21. The minimum Gasteiger partial charge on any atom is -0.456 e. The van der Waals surface area contributed by atoms with Crippen LogP contribution in [0.15, 0.2) is 95.2 Å². The van der Waals surface area contributed by atoms with Gasteiger partial charge in [-0.15, -0.1) is 0 Å². The largest absolute Gasteiger partial charge is 0.456 e. The van der Waals surface area contributed by atoms with Crippen LogP contribution in [0, 0.1) is 0 Å². The third-order valence-corrected chi connectivity index (χ3v) is 4.43. The van der Waals surface area contributed by atoms with Crippen LogP contribution in [-0.2, 0) is 0 Å². The smallest absolute Gasteiger partial charge is 0.136 e. The van der Waals surface area contributed by atoms with E-state index in [0.29, 0.717) is 21.9 Å². The number of hydrogen-bond donors (Lipinski definition) is 0. The van der Waals surface area contributed by atoms with E-state index in [0.717, 1.165) is 0 Å². The van der Waals surface area contributed by atoms with Gasteiger partial charge in [0.15, 0.2) is 0 Å². The average Bonchev–Trinajstić information content (AvgIpc) is 3.22. The highest BCUT2D eigenvalue weighted by Crippen LogP contribution is 2.41. The van der Waals surface area contributed by atoms with E-state index in [2.05, 4.69) is 0 Å². The van der Waals surface area contributed by atoms with Crippen LogP contribution in [0.2, 0.25) is 5.02 Å². The molecule has 0 atom stereocenters. The van der Waals surface area contributed by atoms with Gasteiger partial charge in [0.25, 0.3) is 0 Å². The number of furan rings is 1. The van der Waals surface area contributed by atoms with Crippen molar-refractivity contribution in [3.63, 3.8) is 0 Å². The van der Waals surface area contributed by atoms with Gasteiger partial charge in [-0.1, -0.05) is 84.2 Å². The van der Waals surface area contributed by atoms with Crippen molar-refractivity contribution < 1.29 is 16.8 Å². The molecule has 0 aliphatic rings. The van der Waals surface area contributed by atoms with Crippen LogP contribution in [0.4, 0.5) is 0 Å². The fourth-order valence-corrected chi connectivity index (χ4v) is 3.23. The van der Waals surface area contributed by atoms with Crippen LogP contribution < -0.4 is 0 Å². The fourth-order valence-electron chi connectivity index (χ4n) is 2.97. The Hall–Kier alpha value is -3.03. The Bertz CT molecular complexity index is 1650. The lowest BCUT2D eigenvalue weighted by molar-refractivity contribution is 0.669. The molecule has 1 aromatic heterocycles. The van der Waals surface area contributed by atoms with E-state index >= 15 is 0 Å². The van der Waals surface area contributed by atoms with E-state index in [1.54, 1.807) is 36.4 Å². The van der Waals surface area contributed by atoms with Crippen molar-refractivity contribution in [3.8, 4) is 22.3 Å². The predicted molar refractivity (Wildman–Crippen MR) is 110 cm³/mol. The third-order valence-electron chi connectivity index (χ3n) is 4.12. The number of halogens is 1. The second-order valence-electron chi connectivity index (χ2n) is 5.64. The topological polar surface area (TPSA) is 13.1 Å². The van der Waals surface area contributed by atoms with E-state index in [9.17, 15) is 0 Å².